The lowest BCUT2D eigenvalue weighted by molar-refractivity contribution is -0.385. The van der Waals surface area contributed by atoms with Crippen LogP contribution < -0.4 is 10.2 Å². The highest BCUT2D eigenvalue weighted by atomic mass is 16.6. The fourth-order valence-electron chi connectivity index (χ4n) is 3.27. The molecular formula is C22H17N3O3. The summed E-state index contributed by atoms with van der Waals surface area (Å²) in [6.07, 6.45) is 2.96. The monoisotopic (exact) mass is 371 g/mol. The van der Waals surface area contributed by atoms with Crippen LogP contribution in [0.5, 0.6) is 0 Å². The molecule has 4 rings (SSSR count). The smallest absolute Gasteiger partial charge is 0.276 e. The molecule has 138 valence electrons. The molecular weight excluding hydrogens is 354 g/mol. The molecule has 1 aliphatic heterocycles. The summed E-state index contributed by atoms with van der Waals surface area (Å²) < 4.78 is 0. The molecule has 28 heavy (non-hydrogen) atoms. The minimum Gasteiger partial charge on any atom is -0.361 e. The van der Waals surface area contributed by atoms with Crippen LogP contribution in [0.4, 0.5) is 17.1 Å². The van der Waals surface area contributed by atoms with Crippen molar-refractivity contribution in [3.05, 3.63) is 106 Å². The first-order chi connectivity index (χ1) is 13.6. The molecule has 1 aliphatic rings. The molecule has 1 atom stereocenters. The molecule has 0 bridgehead atoms. The number of carbonyl (C=O) groups excluding carboxylic acids is 1. The number of benzene rings is 3. The van der Waals surface area contributed by atoms with E-state index in [1.165, 1.54) is 6.07 Å². The molecule has 3 aromatic rings. The van der Waals surface area contributed by atoms with Gasteiger partial charge in [-0.1, -0.05) is 42.5 Å². The van der Waals surface area contributed by atoms with E-state index < -0.39 is 11.1 Å². The van der Waals surface area contributed by atoms with E-state index >= 15 is 0 Å². The lowest BCUT2D eigenvalue weighted by Gasteiger charge is -2.36. The van der Waals surface area contributed by atoms with Crippen LogP contribution in [0.15, 0.2) is 84.9 Å². The van der Waals surface area contributed by atoms with Crippen molar-refractivity contribution in [2.24, 2.45) is 0 Å². The first kappa shape index (κ1) is 17.5. The van der Waals surface area contributed by atoms with Gasteiger partial charge in [0.05, 0.1) is 16.1 Å². The van der Waals surface area contributed by atoms with E-state index in [9.17, 15) is 14.9 Å². The highest BCUT2D eigenvalue weighted by Gasteiger charge is 2.31. The number of para-hydroxylation sites is 3. The Kier molecular flexibility index (Phi) is 4.60. The summed E-state index contributed by atoms with van der Waals surface area (Å²) in [7, 11) is 0. The number of nitro benzene ring substituents is 1. The molecule has 0 spiro atoms. The number of anilines is 2. The van der Waals surface area contributed by atoms with Crippen LogP contribution in [0.25, 0.3) is 6.08 Å². The van der Waals surface area contributed by atoms with Gasteiger partial charge in [-0.2, -0.15) is 0 Å². The molecule has 6 nitrogen and oxygen atoms in total. The Bertz CT molecular complexity index is 1060. The second kappa shape index (κ2) is 7.36. The maximum Gasteiger partial charge on any atom is 0.276 e. The van der Waals surface area contributed by atoms with Crippen molar-refractivity contribution in [1.82, 2.24) is 0 Å². The van der Waals surface area contributed by atoms with Gasteiger partial charge in [0.2, 0.25) is 0 Å². The van der Waals surface area contributed by atoms with Gasteiger partial charge >= 0.3 is 0 Å². The van der Waals surface area contributed by atoms with Crippen LogP contribution in [0.3, 0.4) is 0 Å². The molecule has 1 heterocycles. The van der Waals surface area contributed by atoms with E-state index in [1.807, 2.05) is 48.5 Å². The summed E-state index contributed by atoms with van der Waals surface area (Å²) in [5.74, 6) is -0.127. The van der Waals surface area contributed by atoms with Crippen LogP contribution >= 0.6 is 0 Å². The normalized spacial score (nSPS) is 15.9. The average molecular weight is 371 g/mol. The summed E-state index contributed by atoms with van der Waals surface area (Å²) in [4.78, 5) is 25.7. The zero-order valence-corrected chi connectivity index (χ0v) is 14.9. The zero-order chi connectivity index (χ0) is 19.5. The summed E-state index contributed by atoms with van der Waals surface area (Å²) in [6.45, 7) is 0. The molecule has 0 aliphatic carbocycles. The number of hydrogen-bond donors (Lipinski definition) is 1. The zero-order valence-electron chi connectivity index (χ0n) is 14.9. The molecule has 1 N–H and O–H groups in total. The number of amides is 1. The second-order valence-corrected chi connectivity index (χ2v) is 6.32. The van der Waals surface area contributed by atoms with Crippen LogP contribution in [-0.2, 0) is 0 Å². The van der Waals surface area contributed by atoms with E-state index in [1.54, 1.807) is 41.3 Å². The number of hydrogen-bond acceptors (Lipinski definition) is 4. The van der Waals surface area contributed by atoms with Crippen molar-refractivity contribution in [2.45, 2.75) is 6.17 Å². The van der Waals surface area contributed by atoms with Crippen molar-refractivity contribution in [1.29, 1.82) is 0 Å². The van der Waals surface area contributed by atoms with Gasteiger partial charge < -0.3 is 5.32 Å². The van der Waals surface area contributed by atoms with Crippen molar-refractivity contribution < 1.29 is 9.72 Å². The number of carbonyl (C=O) groups is 1. The Morgan fingerprint density at radius 1 is 0.929 bits per heavy atom. The standard InChI is InChI=1S/C22H17N3O3/c26-22-18-11-5-6-12-19(18)23-21(24(22)17-9-2-1-3-10-17)15-14-16-8-4-7-13-20(16)25(27)28/h1-15,21,23H/b15-14+/t21-/m1/s1. The molecule has 0 saturated heterocycles. The number of fused-ring (bicyclic) bond motifs is 1. The highest BCUT2D eigenvalue weighted by molar-refractivity contribution is 6.12. The summed E-state index contributed by atoms with van der Waals surface area (Å²) in [6, 6.07) is 23.2. The number of rotatable bonds is 4. The van der Waals surface area contributed by atoms with E-state index in [0.29, 0.717) is 11.1 Å². The molecule has 0 fully saturated rings. The summed E-state index contributed by atoms with van der Waals surface area (Å²) in [5.41, 5.74) is 2.56. The predicted molar refractivity (Wildman–Crippen MR) is 109 cm³/mol. The first-order valence-corrected chi connectivity index (χ1v) is 8.81. The molecule has 0 aromatic heterocycles. The van der Waals surface area contributed by atoms with Gasteiger partial charge in [-0.25, -0.2) is 0 Å². The van der Waals surface area contributed by atoms with Gasteiger partial charge in [0.25, 0.3) is 11.6 Å². The van der Waals surface area contributed by atoms with Gasteiger partial charge in [-0.15, -0.1) is 0 Å². The van der Waals surface area contributed by atoms with Crippen molar-refractivity contribution in [3.63, 3.8) is 0 Å². The quantitative estimate of drug-likeness (QED) is 0.532. The van der Waals surface area contributed by atoms with E-state index in [2.05, 4.69) is 5.32 Å². The molecule has 1 amide bonds. The average Bonchev–Trinajstić information content (AvgIpc) is 2.73. The highest BCUT2D eigenvalue weighted by Crippen LogP contribution is 2.30. The van der Waals surface area contributed by atoms with Gasteiger partial charge in [0, 0.05) is 17.4 Å². The fourth-order valence-corrected chi connectivity index (χ4v) is 3.27. The lowest BCUT2D eigenvalue weighted by Crippen LogP contribution is -2.48. The number of nitro groups is 1. The third-order valence-corrected chi connectivity index (χ3v) is 4.58. The molecule has 0 saturated carbocycles. The Hall–Kier alpha value is -3.93. The van der Waals surface area contributed by atoms with Crippen molar-refractivity contribution in [3.8, 4) is 0 Å². The summed E-state index contributed by atoms with van der Waals surface area (Å²) >= 11 is 0. The molecule has 0 unspecified atom stereocenters. The Labute approximate surface area is 161 Å². The van der Waals surface area contributed by atoms with Crippen LogP contribution in [0.2, 0.25) is 0 Å². The maximum atomic E-state index is 13.2. The largest absolute Gasteiger partial charge is 0.361 e. The fraction of sp³-hybridized carbons (Fsp3) is 0.0455. The number of nitrogens with zero attached hydrogens (tertiary/aromatic N) is 2. The second-order valence-electron chi connectivity index (χ2n) is 6.32. The van der Waals surface area contributed by atoms with Crippen molar-refractivity contribution >= 4 is 29.0 Å². The van der Waals surface area contributed by atoms with Crippen LogP contribution in [-0.4, -0.2) is 17.0 Å². The lowest BCUT2D eigenvalue weighted by atomic mass is 10.1. The van der Waals surface area contributed by atoms with Gasteiger partial charge in [0.1, 0.15) is 6.17 Å². The van der Waals surface area contributed by atoms with Gasteiger partial charge in [-0.3, -0.25) is 19.8 Å². The SMILES string of the molecule is O=C1c2ccccc2N[C@@H](/C=C/c2ccccc2[N+](=O)[O-])N1c1ccccc1. The topological polar surface area (TPSA) is 75.5 Å². The third-order valence-electron chi connectivity index (χ3n) is 4.58. The minimum absolute atomic E-state index is 0.0209. The van der Waals surface area contributed by atoms with E-state index in [4.69, 9.17) is 0 Å². The first-order valence-electron chi connectivity index (χ1n) is 8.81. The molecule has 3 aromatic carbocycles. The number of nitrogens with one attached hydrogen (secondary N) is 1. The van der Waals surface area contributed by atoms with E-state index in [-0.39, 0.29) is 11.6 Å². The summed E-state index contributed by atoms with van der Waals surface area (Å²) in [5, 5.41) is 14.6. The Balaban J connectivity index is 1.76. The van der Waals surface area contributed by atoms with Crippen LogP contribution in [0.1, 0.15) is 15.9 Å². The third kappa shape index (κ3) is 3.23. The Morgan fingerprint density at radius 2 is 1.61 bits per heavy atom. The van der Waals surface area contributed by atoms with E-state index in [0.717, 1.165) is 11.4 Å². The van der Waals surface area contributed by atoms with Gasteiger partial charge in [-0.05, 0) is 42.5 Å². The van der Waals surface area contributed by atoms with Gasteiger partial charge in [0.15, 0.2) is 0 Å². The van der Waals surface area contributed by atoms with Crippen LogP contribution in [0, 0.1) is 10.1 Å². The minimum atomic E-state index is -0.482. The van der Waals surface area contributed by atoms with Crippen molar-refractivity contribution in [2.75, 3.05) is 10.2 Å². The maximum absolute atomic E-state index is 13.2. The molecule has 6 heteroatoms. The predicted octanol–water partition coefficient (Wildman–Crippen LogP) is 4.71. The molecule has 0 radical (unpaired) electrons. The Morgan fingerprint density at radius 3 is 2.39 bits per heavy atom.